The number of nitrogens with zero attached hydrogens (tertiary/aromatic N) is 1. The summed E-state index contributed by atoms with van der Waals surface area (Å²) in [6.07, 6.45) is 42.3. The lowest BCUT2D eigenvalue weighted by molar-refractivity contribution is -0.887. The highest BCUT2D eigenvalue weighted by Gasteiger charge is 2.31. The van der Waals surface area contributed by atoms with Gasteiger partial charge in [0.2, 0.25) is 0 Å². The number of likely N-dealkylation sites (N-methyl/N-ethyl adjacent to an activating group) is 1. The molecule has 0 aliphatic carbocycles. The summed E-state index contributed by atoms with van der Waals surface area (Å²) in [4.78, 5) is 36.7. The van der Waals surface area contributed by atoms with Crippen molar-refractivity contribution >= 4 is 17.9 Å². The minimum Gasteiger partial charge on any atom is -0.477 e. The van der Waals surface area contributed by atoms with Crippen LogP contribution >= 0.6 is 0 Å². The number of esters is 2. The summed E-state index contributed by atoms with van der Waals surface area (Å²) in [5.41, 5.74) is 0. The van der Waals surface area contributed by atoms with Crippen LogP contribution in [0.3, 0.4) is 0 Å². The second kappa shape index (κ2) is 37.5. The Hall–Kier alpha value is -2.45. The number of ether oxygens (including phenoxy) is 3. The van der Waals surface area contributed by atoms with Gasteiger partial charge in [-0.2, -0.15) is 0 Å². The van der Waals surface area contributed by atoms with E-state index in [0.29, 0.717) is 19.3 Å². The highest BCUT2D eigenvalue weighted by Crippen LogP contribution is 2.13. The van der Waals surface area contributed by atoms with Crippen molar-refractivity contribution in [2.75, 3.05) is 41.0 Å². The van der Waals surface area contributed by atoms with Crippen molar-refractivity contribution in [3.8, 4) is 0 Å². The average Bonchev–Trinajstić information content (AvgIpc) is 3.12. The first-order valence-corrected chi connectivity index (χ1v) is 22.0. The molecular weight excluding hydrogens is 679 g/mol. The molecule has 0 heterocycles. The maximum atomic E-state index is 12.5. The molecular formula is C46H84NO7+. The number of carboxylic acid groups (broad SMARTS) is 1. The summed E-state index contributed by atoms with van der Waals surface area (Å²) in [6, 6.07) is -0.619. The SMILES string of the molecule is CCCCC/C=C/CCC(=O)OC(COCCC(C(=O)O)[N+](C)(C)C)COC(=O)CCCCCCCCC/C=C/C/C=C/CCCCCCCCCCC. The van der Waals surface area contributed by atoms with Crippen LogP contribution in [0.2, 0.25) is 0 Å². The van der Waals surface area contributed by atoms with Crippen molar-refractivity contribution in [3.63, 3.8) is 0 Å². The Labute approximate surface area is 332 Å². The van der Waals surface area contributed by atoms with Gasteiger partial charge in [-0.1, -0.05) is 147 Å². The van der Waals surface area contributed by atoms with Crippen LogP contribution in [0.15, 0.2) is 36.5 Å². The highest BCUT2D eigenvalue weighted by molar-refractivity contribution is 5.72. The molecule has 0 amide bonds. The molecule has 0 rings (SSSR count). The molecule has 0 aromatic carbocycles. The third kappa shape index (κ3) is 35.3. The summed E-state index contributed by atoms with van der Waals surface area (Å²) >= 11 is 0. The Morgan fingerprint density at radius 3 is 1.56 bits per heavy atom. The van der Waals surface area contributed by atoms with E-state index < -0.39 is 18.1 Å². The maximum Gasteiger partial charge on any atom is 0.362 e. The predicted molar refractivity (Wildman–Crippen MR) is 225 cm³/mol. The molecule has 8 nitrogen and oxygen atoms in total. The molecule has 314 valence electrons. The highest BCUT2D eigenvalue weighted by atomic mass is 16.6. The van der Waals surface area contributed by atoms with E-state index in [0.717, 1.165) is 44.9 Å². The number of unbranched alkanes of at least 4 members (excludes halogenated alkanes) is 19. The zero-order valence-corrected chi connectivity index (χ0v) is 35.7. The molecule has 2 atom stereocenters. The Balaban J connectivity index is 4.15. The van der Waals surface area contributed by atoms with Crippen molar-refractivity contribution in [3.05, 3.63) is 36.5 Å². The molecule has 0 aliphatic rings. The number of carbonyl (C=O) groups excluding carboxylic acids is 2. The molecule has 0 bridgehead atoms. The van der Waals surface area contributed by atoms with Gasteiger partial charge in [0.1, 0.15) is 6.61 Å². The van der Waals surface area contributed by atoms with Crippen LogP contribution in [0, 0.1) is 0 Å². The van der Waals surface area contributed by atoms with E-state index in [4.69, 9.17) is 14.2 Å². The average molecular weight is 763 g/mol. The predicted octanol–water partition coefficient (Wildman–Crippen LogP) is 11.9. The van der Waals surface area contributed by atoms with Crippen molar-refractivity contribution in [2.24, 2.45) is 0 Å². The van der Waals surface area contributed by atoms with Crippen LogP contribution in [0.25, 0.3) is 0 Å². The molecule has 0 saturated heterocycles. The lowest BCUT2D eigenvalue weighted by atomic mass is 10.1. The van der Waals surface area contributed by atoms with Gasteiger partial charge in [-0.3, -0.25) is 9.59 Å². The molecule has 8 heteroatoms. The van der Waals surface area contributed by atoms with E-state index in [1.54, 1.807) is 0 Å². The van der Waals surface area contributed by atoms with Gasteiger partial charge in [0, 0.05) is 19.3 Å². The molecule has 0 radical (unpaired) electrons. The minimum absolute atomic E-state index is 0.0433. The smallest absolute Gasteiger partial charge is 0.362 e. The van der Waals surface area contributed by atoms with Gasteiger partial charge in [-0.15, -0.1) is 0 Å². The van der Waals surface area contributed by atoms with Crippen LogP contribution in [-0.2, 0) is 28.6 Å². The molecule has 0 saturated carbocycles. The Bertz CT molecular complexity index is 984. The van der Waals surface area contributed by atoms with Crippen LogP contribution in [0.5, 0.6) is 0 Å². The van der Waals surface area contributed by atoms with E-state index in [-0.39, 0.29) is 42.7 Å². The number of carboxylic acids is 1. The molecule has 0 spiro atoms. The summed E-state index contributed by atoms with van der Waals surface area (Å²) < 4.78 is 17.1. The number of aliphatic carboxylic acids is 1. The number of carbonyl (C=O) groups is 3. The number of rotatable bonds is 39. The Kier molecular flexibility index (Phi) is 35.8. The quantitative estimate of drug-likeness (QED) is 0.0288. The fraction of sp³-hybridized carbons (Fsp3) is 0.804. The second-order valence-corrected chi connectivity index (χ2v) is 15.9. The fourth-order valence-corrected chi connectivity index (χ4v) is 6.31. The van der Waals surface area contributed by atoms with Crippen LogP contribution < -0.4 is 0 Å². The third-order valence-electron chi connectivity index (χ3n) is 9.78. The summed E-state index contributed by atoms with van der Waals surface area (Å²) in [5.74, 6) is -1.55. The molecule has 0 aliphatic heterocycles. The van der Waals surface area contributed by atoms with E-state index >= 15 is 0 Å². The molecule has 0 aromatic heterocycles. The lowest BCUT2D eigenvalue weighted by Gasteiger charge is -2.31. The molecule has 0 fully saturated rings. The summed E-state index contributed by atoms with van der Waals surface area (Å²) in [6.45, 7) is 4.62. The molecule has 0 aromatic rings. The Morgan fingerprint density at radius 2 is 1.02 bits per heavy atom. The van der Waals surface area contributed by atoms with Gasteiger partial charge in [-0.05, 0) is 57.8 Å². The van der Waals surface area contributed by atoms with Gasteiger partial charge in [0.05, 0.1) is 34.4 Å². The van der Waals surface area contributed by atoms with E-state index in [9.17, 15) is 19.5 Å². The first kappa shape index (κ1) is 51.5. The van der Waals surface area contributed by atoms with Crippen molar-refractivity contribution in [1.82, 2.24) is 0 Å². The van der Waals surface area contributed by atoms with E-state index in [2.05, 4.69) is 44.2 Å². The lowest BCUT2D eigenvalue weighted by Crippen LogP contribution is -2.50. The zero-order valence-electron chi connectivity index (χ0n) is 35.7. The van der Waals surface area contributed by atoms with Crippen molar-refractivity contribution < 1.29 is 38.2 Å². The number of allylic oxidation sites excluding steroid dienone is 6. The van der Waals surface area contributed by atoms with Gasteiger partial charge >= 0.3 is 17.9 Å². The summed E-state index contributed by atoms with van der Waals surface area (Å²) in [5, 5.41) is 9.58. The van der Waals surface area contributed by atoms with Crippen LogP contribution in [-0.4, -0.2) is 80.6 Å². The first-order chi connectivity index (χ1) is 26.1. The van der Waals surface area contributed by atoms with Crippen LogP contribution in [0.1, 0.15) is 187 Å². The van der Waals surface area contributed by atoms with Gasteiger partial charge in [0.15, 0.2) is 12.1 Å². The van der Waals surface area contributed by atoms with Gasteiger partial charge < -0.3 is 23.8 Å². The molecule has 54 heavy (non-hydrogen) atoms. The summed E-state index contributed by atoms with van der Waals surface area (Å²) in [7, 11) is 5.50. The van der Waals surface area contributed by atoms with Crippen LogP contribution in [0.4, 0.5) is 0 Å². The third-order valence-corrected chi connectivity index (χ3v) is 9.78. The maximum absolute atomic E-state index is 12.5. The normalized spacial score (nSPS) is 13.3. The topological polar surface area (TPSA) is 99.1 Å². The van der Waals surface area contributed by atoms with E-state index in [1.807, 2.05) is 27.2 Å². The minimum atomic E-state index is -0.883. The standard InChI is InChI=1S/C46H83NO7/c1-6-8-10-12-14-15-16-17-18-19-20-21-22-23-24-25-26-27-28-29-31-32-34-36-44(48)53-41-42(40-52-39-38-43(46(50)51)47(3,4)5)54-45(49)37-35-33-30-13-11-9-7-2/h20-21,23-24,30,33,42-43H,6-19,22,25-29,31-32,34-41H2,1-5H3/p+1/b21-20+,24-23+,33-30+. The number of hydrogen-bond donors (Lipinski definition) is 1. The van der Waals surface area contributed by atoms with Gasteiger partial charge in [0.25, 0.3) is 0 Å². The van der Waals surface area contributed by atoms with Crippen molar-refractivity contribution in [2.45, 2.75) is 199 Å². The zero-order chi connectivity index (χ0) is 40.0. The van der Waals surface area contributed by atoms with Gasteiger partial charge in [-0.25, -0.2) is 4.79 Å². The monoisotopic (exact) mass is 763 g/mol. The first-order valence-electron chi connectivity index (χ1n) is 22.0. The molecule has 1 N–H and O–H groups in total. The fourth-order valence-electron chi connectivity index (χ4n) is 6.31. The van der Waals surface area contributed by atoms with Crippen molar-refractivity contribution in [1.29, 1.82) is 0 Å². The largest absolute Gasteiger partial charge is 0.477 e. The second-order valence-electron chi connectivity index (χ2n) is 15.9. The van der Waals surface area contributed by atoms with E-state index in [1.165, 1.54) is 103 Å². The molecule has 2 unspecified atom stereocenters. The number of hydrogen-bond acceptors (Lipinski definition) is 6. The number of quaternary nitrogens is 1. The Morgan fingerprint density at radius 1 is 0.556 bits per heavy atom.